The second kappa shape index (κ2) is 6.79. The number of hydrogen-bond donors (Lipinski definition) is 2. The van der Waals surface area contributed by atoms with E-state index in [1.165, 1.54) is 0 Å². The van der Waals surface area contributed by atoms with E-state index in [9.17, 15) is 0 Å². The van der Waals surface area contributed by atoms with Crippen LogP contribution in [0.4, 0.5) is 0 Å². The van der Waals surface area contributed by atoms with E-state index in [0.717, 1.165) is 5.75 Å². The quantitative estimate of drug-likeness (QED) is 0.793. The third-order valence-corrected chi connectivity index (χ3v) is 10.2. The Bertz CT molecular complexity index is 394. The molecule has 0 aromatic heterocycles. The highest BCUT2D eigenvalue weighted by atomic mass is 28.4. The minimum atomic E-state index is -1.94. The van der Waals surface area contributed by atoms with Crippen LogP contribution in [0.1, 0.15) is 41.5 Å². The van der Waals surface area contributed by atoms with E-state index in [1.54, 1.807) is 12.1 Å². The van der Waals surface area contributed by atoms with Crippen LogP contribution in [0.3, 0.4) is 0 Å². The molecule has 0 spiro atoms. The van der Waals surface area contributed by atoms with Crippen molar-refractivity contribution in [1.29, 1.82) is 0 Å². The maximum atomic E-state index is 9.14. The van der Waals surface area contributed by atoms with E-state index in [-0.39, 0.29) is 0 Å². The topological polar surface area (TPSA) is 49.7 Å². The van der Waals surface area contributed by atoms with Gasteiger partial charge in [-0.3, -0.25) is 0 Å². The van der Waals surface area contributed by atoms with Gasteiger partial charge in [0.05, 0.1) is 0 Å². The Hall–Kier alpha value is -0.778. The van der Waals surface area contributed by atoms with Crippen LogP contribution in [0, 0.1) is 0 Å². The molecule has 2 N–H and O–H groups in total. The minimum absolute atomic E-state index is 0.489. The molecule has 0 heterocycles. The van der Waals surface area contributed by atoms with Gasteiger partial charge in [-0.05, 0) is 34.2 Å². The Morgan fingerprint density at radius 1 is 0.850 bits per heavy atom. The van der Waals surface area contributed by atoms with Gasteiger partial charge < -0.3 is 14.5 Å². The Balaban J connectivity index is 3.07. The molecule has 1 rings (SSSR count). The van der Waals surface area contributed by atoms with Gasteiger partial charge in [0.15, 0.2) is 0 Å². The zero-order valence-electron chi connectivity index (χ0n) is 13.4. The van der Waals surface area contributed by atoms with Crippen molar-refractivity contribution in [1.82, 2.24) is 0 Å². The molecular formula is C15H27BO3Si. The van der Waals surface area contributed by atoms with E-state index >= 15 is 0 Å². The first-order chi connectivity index (χ1) is 9.21. The van der Waals surface area contributed by atoms with Crippen molar-refractivity contribution in [2.45, 2.75) is 58.2 Å². The molecule has 0 bridgehead atoms. The molecule has 0 fully saturated rings. The molecule has 0 aliphatic heterocycles. The van der Waals surface area contributed by atoms with Crippen molar-refractivity contribution in [2.24, 2.45) is 0 Å². The number of rotatable bonds is 6. The van der Waals surface area contributed by atoms with Gasteiger partial charge in [-0.15, -0.1) is 0 Å². The lowest BCUT2D eigenvalue weighted by Gasteiger charge is -2.42. The van der Waals surface area contributed by atoms with Crippen LogP contribution < -0.4 is 9.89 Å². The average Bonchev–Trinajstić information content (AvgIpc) is 2.35. The van der Waals surface area contributed by atoms with E-state index in [1.807, 2.05) is 12.1 Å². The second-order valence-electron chi connectivity index (χ2n) is 6.36. The van der Waals surface area contributed by atoms with Gasteiger partial charge in [0.2, 0.25) is 0 Å². The summed E-state index contributed by atoms with van der Waals surface area (Å²) in [6.07, 6.45) is 0. The highest BCUT2D eigenvalue weighted by Gasteiger charge is 2.46. The van der Waals surface area contributed by atoms with Gasteiger partial charge in [-0.1, -0.05) is 53.7 Å². The fraction of sp³-hybridized carbons (Fsp3) is 0.600. The predicted octanol–water partition coefficient (Wildman–Crippen LogP) is 2.92. The number of benzene rings is 1. The summed E-state index contributed by atoms with van der Waals surface area (Å²) in [4.78, 5) is 0. The third kappa shape index (κ3) is 3.45. The molecule has 3 nitrogen and oxygen atoms in total. The Morgan fingerprint density at radius 2 is 1.25 bits per heavy atom. The molecule has 0 aliphatic rings. The van der Waals surface area contributed by atoms with Crippen LogP contribution in [-0.4, -0.2) is 25.5 Å². The van der Waals surface area contributed by atoms with Gasteiger partial charge in [-0.2, -0.15) is 0 Å². The third-order valence-electron chi connectivity index (χ3n) is 4.18. The van der Waals surface area contributed by atoms with Crippen molar-refractivity contribution < 1.29 is 14.5 Å². The van der Waals surface area contributed by atoms with Gasteiger partial charge in [-0.25, -0.2) is 0 Å². The lowest BCUT2D eigenvalue weighted by Crippen LogP contribution is -2.50. The molecule has 5 heteroatoms. The van der Waals surface area contributed by atoms with Gasteiger partial charge >= 0.3 is 7.12 Å². The molecule has 112 valence electrons. The van der Waals surface area contributed by atoms with E-state index < -0.39 is 15.4 Å². The molecule has 20 heavy (non-hydrogen) atoms. The van der Waals surface area contributed by atoms with Crippen molar-refractivity contribution in [3.05, 3.63) is 24.3 Å². The van der Waals surface area contributed by atoms with Gasteiger partial charge in [0.1, 0.15) is 5.75 Å². The molecule has 0 amide bonds. The molecule has 0 saturated carbocycles. The zero-order valence-corrected chi connectivity index (χ0v) is 14.4. The summed E-state index contributed by atoms with van der Waals surface area (Å²) in [5, 5.41) is 18.3. The van der Waals surface area contributed by atoms with Crippen molar-refractivity contribution in [3.63, 3.8) is 0 Å². The number of hydrogen-bond acceptors (Lipinski definition) is 3. The molecular weight excluding hydrogens is 267 g/mol. The van der Waals surface area contributed by atoms with Crippen LogP contribution in [-0.2, 0) is 0 Å². The average molecular weight is 294 g/mol. The van der Waals surface area contributed by atoms with Crippen LogP contribution in [0.25, 0.3) is 0 Å². The summed E-state index contributed by atoms with van der Waals surface area (Å²) in [5.74, 6) is 0.831. The van der Waals surface area contributed by atoms with Crippen LogP contribution in [0.15, 0.2) is 24.3 Å². The van der Waals surface area contributed by atoms with Crippen molar-refractivity contribution in [2.75, 3.05) is 0 Å². The van der Waals surface area contributed by atoms with E-state index in [4.69, 9.17) is 14.5 Å². The van der Waals surface area contributed by atoms with Gasteiger partial charge in [0, 0.05) is 0 Å². The fourth-order valence-corrected chi connectivity index (χ4v) is 8.52. The van der Waals surface area contributed by atoms with Crippen LogP contribution >= 0.6 is 0 Å². The second-order valence-corrected chi connectivity index (χ2v) is 11.7. The Kier molecular flexibility index (Phi) is 5.86. The van der Waals surface area contributed by atoms with Gasteiger partial charge in [0.25, 0.3) is 8.32 Å². The molecule has 0 saturated heterocycles. The fourth-order valence-electron chi connectivity index (χ4n) is 3.27. The van der Waals surface area contributed by atoms with Crippen LogP contribution in [0.5, 0.6) is 5.75 Å². The normalized spacial score (nSPS) is 12.3. The first-order valence-corrected chi connectivity index (χ1v) is 9.51. The largest absolute Gasteiger partial charge is 0.543 e. The van der Waals surface area contributed by atoms with Crippen molar-refractivity contribution >= 4 is 20.9 Å². The Labute approximate surface area is 124 Å². The summed E-state index contributed by atoms with van der Waals surface area (Å²) in [6.45, 7) is 13.5. The monoisotopic (exact) mass is 294 g/mol. The molecule has 0 atom stereocenters. The summed E-state index contributed by atoms with van der Waals surface area (Å²) in [5.41, 5.74) is 2.05. The highest BCUT2D eigenvalue weighted by molar-refractivity contribution is 6.78. The van der Waals surface area contributed by atoms with Crippen LogP contribution in [0.2, 0.25) is 16.6 Å². The summed E-state index contributed by atoms with van der Waals surface area (Å²) in [6, 6.07) is 7.09. The molecule has 1 aromatic carbocycles. The summed E-state index contributed by atoms with van der Waals surface area (Å²) >= 11 is 0. The molecule has 0 unspecified atom stereocenters. The maximum absolute atomic E-state index is 9.14. The summed E-state index contributed by atoms with van der Waals surface area (Å²) < 4.78 is 6.50. The maximum Gasteiger partial charge on any atom is 0.488 e. The standard InChI is InChI=1S/C15H27BO3Si/c1-11(2)20(12(3)4,13(5)6)19-15-9-7-14(8-10-15)16(17)18/h7-13,17-18H,1-6H3. The SMILES string of the molecule is CC(C)[Si](Oc1ccc(B(O)O)cc1)(C(C)C)C(C)C. The molecule has 1 aromatic rings. The Morgan fingerprint density at radius 3 is 1.55 bits per heavy atom. The van der Waals surface area contributed by atoms with E-state index in [2.05, 4.69) is 41.5 Å². The lowest BCUT2D eigenvalue weighted by molar-refractivity contribution is 0.425. The molecule has 0 aliphatic carbocycles. The smallest absolute Gasteiger partial charge is 0.488 e. The first-order valence-electron chi connectivity index (χ1n) is 7.36. The van der Waals surface area contributed by atoms with Crippen molar-refractivity contribution in [3.8, 4) is 5.75 Å². The molecule has 0 radical (unpaired) electrons. The summed E-state index contributed by atoms with van der Waals surface area (Å²) in [7, 11) is -3.36. The zero-order chi connectivity index (χ0) is 15.5. The highest BCUT2D eigenvalue weighted by Crippen LogP contribution is 2.42. The lowest BCUT2D eigenvalue weighted by atomic mass is 9.80. The van der Waals surface area contributed by atoms with E-state index in [0.29, 0.717) is 22.1 Å². The first kappa shape index (κ1) is 17.3. The predicted molar refractivity (Wildman–Crippen MR) is 87.9 cm³/mol. The minimum Gasteiger partial charge on any atom is -0.543 e.